The second-order valence-corrected chi connectivity index (χ2v) is 5.18. The topological polar surface area (TPSA) is 72.0 Å². The Kier molecular flexibility index (Phi) is 4.57. The lowest BCUT2D eigenvalue weighted by Gasteiger charge is -2.11. The molecule has 0 radical (unpaired) electrons. The number of aryl methyl sites for hydroxylation is 2. The Balaban J connectivity index is 2.29. The smallest absolute Gasteiger partial charge is 0.323 e. The highest BCUT2D eigenvalue weighted by atomic mass is 16.5. The summed E-state index contributed by atoms with van der Waals surface area (Å²) in [7, 11) is 1.76. The van der Waals surface area contributed by atoms with Crippen molar-refractivity contribution in [2.24, 2.45) is 0 Å². The van der Waals surface area contributed by atoms with Crippen LogP contribution in [-0.2, 0) is 0 Å². The van der Waals surface area contributed by atoms with Crippen LogP contribution in [0.15, 0.2) is 18.2 Å². The first-order valence-corrected chi connectivity index (χ1v) is 6.92. The van der Waals surface area contributed by atoms with E-state index >= 15 is 0 Å². The number of hydrogen-bond donors (Lipinski definition) is 2. The molecule has 6 nitrogen and oxygen atoms in total. The van der Waals surface area contributed by atoms with Crippen molar-refractivity contribution in [3.8, 4) is 6.01 Å². The minimum Gasteiger partial charge on any atom is -0.461 e. The largest absolute Gasteiger partial charge is 0.461 e. The molecule has 0 fully saturated rings. The summed E-state index contributed by atoms with van der Waals surface area (Å²) in [4.78, 5) is 12.7. The Labute approximate surface area is 125 Å². The van der Waals surface area contributed by atoms with Crippen molar-refractivity contribution in [2.75, 3.05) is 17.7 Å². The van der Waals surface area contributed by atoms with Crippen LogP contribution in [0.5, 0.6) is 6.01 Å². The van der Waals surface area contributed by atoms with Crippen LogP contribution in [0, 0.1) is 13.8 Å². The van der Waals surface area contributed by atoms with E-state index in [2.05, 4.69) is 45.5 Å². The lowest BCUT2D eigenvalue weighted by atomic mass is 10.1. The fourth-order valence-electron chi connectivity index (χ4n) is 1.96. The molecule has 2 N–H and O–H groups in total. The molecule has 0 bridgehead atoms. The standard InChI is InChI=1S/C15H21N5O/c1-9(2)21-15-19-13(16-5)18-14(20-15)17-12-7-10(3)6-11(4)8-12/h6-9H,1-5H3,(H2,16,17,18,19,20). The Bertz CT molecular complexity index is 607. The fourth-order valence-corrected chi connectivity index (χ4v) is 1.96. The maximum Gasteiger partial charge on any atom is 0.323 e. The van der Waals surface area contributed by atoms with E-state index in [1.54, 1.807) is 7.05 Å². The molecule has 2 aromatic rings. The number of anilines is 3. The number of nitrogens with zero attached hydrogens (tertiary/aromatic N) is 3. The van der Waals surface area contributed by atoms with Crippen LogP contribution >= 0.6 is 0 Å². The lowest BCUT2D eigenvalue weighted by Crippen LogP contribution is -2.11. The molecule has 0 saturated heterocycles. The molecule has 0 aliphatic rings. The van der Waals surface area contributed by atoms with E-state index in [0.717, 1.165) is 5.69 Å². The quantitative estimate of drug-likeness (QED) is 0.880. The Morgan fingerprint density at radius 2 is 1.57 bits per heavy atom. The van der Waals surface area contributed by atoms with Crippen LogP contribution in [0.3, 0.4) is 0 Å². The third-order valence-electron chi connectivity index (χ3n) is 2.66. The van der Waals surface area contributed by atoms with Gasteiger partial charge in [-0.2, -0.15) is 15.0 Å². The number of hydrogen-bond acceptors (Lipinski definition) is 6. The average molecular weight is 287 g/mol. The zero-order valence-electron chi connectivity index (χ0n) is 13.1. The summed E-state index contributed by atoms with van der Waals surface area (Å²) < 4.78 is 5.54. The molecule has 0 atom stereocenters. The van der Waals surface area contributed by atoms with Crippen LogP contribution in [0.25, 0.3) is 0 Å². The summed E-state index contributed by atoms with van der Waals surface area (Å²) in [6.45, 7) is 7.97. The van der Waals surface area contributed by atoms with Gasteiger partial charge in [0.1, 0.15) is 0 Å². The maximum absolute atomic E-state index is 5.54. The average Bonchev–Trinajstić information content (AvgIpc) is 2.36. The van der Waals surface area contributed by atoms with Crippen LogP contribution in [0.4, 0.5) is 17.6 Å². The van der Waals surface area contributed by atoms with Gasteiger partial charge in [-0.05, 0) is 51.0 Å². The van der Waals surface area contributed by atoms with Gasteiger partial charge in [0, 0.05) is 12.7 Å². The van der Waals surface area contributed by atoms with Crippen molar-refractivity contribution in [1.29, 1.82) is 0 Å². The normalized spacial score (nSPS) is 10.6. The van der Waals surface area contributed by atoms with Crippen molar-refractivity contribution in [2.45, 2.75) is 33.8 Å². The van der Waals surface area contributed by atoms with Crippen molar-refractivity contribution >= 4 is 17.6 Å². The highest BCUT2D eigenvalue weighted by Crippen LogP contribution is 2.19. The van der Waals surface area contributed by atoms with E-state index < -0.39 is 0 Å². The highest BCUT2D eigenvalue weighted by molar-refractivity contribution is 5.56. The molecular formula is C15H21N5O. The van der Waals surface area contributed by atoms with Gasteiger partial charge in [-0.15, -0.1) is 0 Å². The molecule has 21 heavy (non-hydrogen) atoms. The zero-order chi connectivity index (χ0) is 15.4. The zero-order valence-corrected chi connectivity index (χ0v) is 13.1. The van der Waals surface area contributed by atoms with Crippen LogP contribution in [0.2, 0.25) is 0 Å². The van der Waals surface area contributed by atoms with Crippen molar-refractivity contribution in [1.82, 2.24) is 15.0 Å². The van der Waals surface area contributed by atoms with Gasteiger partial charge in [-0.3, -0.25) is 0 Å². The van der Waals surface area contributed by atoms with E-state index in [1.165, 1.54) is 11.1 Å². The molecule has 1 aromatic carbocycles. The first-order chi connectivity index (χ1) is 9.96. The fraction of sp³-hybridized carbons (Fsp3) is 0.400. The molecule has 0 unspecified atom stereocenters. The first-order valence-electron chi connectivity index (χ1n) is 6.92. The third-order valence-corrected chi connectivity index (χ3v) is 2.66. The van der Waals surface area contributed by atoms with Crippen LogP contribution in [-0.4, -0.2) is 28.1 Å². The number of rotatable bonds is 5. The van der Waals surface area contributed by atoms with E-state index in [-0.39, 0.29) is 6.10 Å². The predicted molar refractivity (Wildman–Crippen MR) is 84.3 cm³/mol. The van der Waals surface area contributed by atoms with E-state index in [1.807, 2.05) is 26.0 Å². The molecule has 6 heteroatoms. The SMILES string of the molecule is CNc1nc(Nc2cc(C)cc(C)c2)nc(OC(C)C)n1. The predicted octanol–water partition coefficient (Wildman–Crippen LogP) is 3.06. The second kappa shape index (κ2) is 6.39. The van der Waals surface area contributed by atoms with Gasteiger partial charge in [-0.1, -0.05) is 6.07 Å². The molecule has 0 spiro atoms. The summed E-state index contributed by atoms with van der Waals surface area (Å²) in [5.41, 5.74) is 3.30. The molecule has 1 aromatic heterocycles. The molecule has 0 aliphatic carbocycles. The molecule has 1 heterocycles. The summed E-state index contributed by atoms with van der Waals surface area (Å²) in [5, 5.41) is 6.10. The Morgan fingerprint density at radius 1 is 0.952 bits per heavy atom. The number of ether oxygens (including phenoxy) is 1. The molecule has 0 amide bonds. The molecule has 0 saturated carbocycles. The van der Waals surface area contributed by atoms with Gasteiger partial charge in [0.2, 0.25) is 11.9 Å². The Morgan fingerprint density at radius 3 is 2.14 bits per heavy atom. The van der Waals surface area contributed by atoms with Gasteiger partial charge in [0.05, 0.1) is 6.10 Å². The van der Waals surface area contributed by atoms with E-state index in [0.29, 0.717) is 17.9 Å². The summed E-state index contributed by atoms with van der Waals surface area (Å²) in [6, 6.07) is 6.50. The minimum atomic E-state index is 0.00571. The number of aromatic nitrogens is 3. The summed E-state index contributed by atoms with van der Waals surface area (Å²) in [6.07, 6.45) is 0.00571. The summed E-state index contributed by atoms with van der Waals surface area (Å²) in [5.74, 6) is 0.919. The highest BCUT2D eigenvalue weighted by Gasteiger charge is 2.09. The number of nitrogens with one attached hydrogen (secondary N) is 2. The number of benzene rings is 1. The van der Waals surface area contributed by atoms with E-state index in [9.17, 15) is 0 Å². The molecule has 0 aliphatic heterocycles. The lowest BCUT2D eigenvalue weighted by molar-refractivity contribution is 0.222. The minimum absolute atomic E-state index is 0.00571. The van der Waals surface area contributed by atoms with Crippen molar-refractivity contribution < 1.29 is 4.74 Å². The third kappa shape index (κ3) is 4.30. The molecule has 2 rings (SSSR count). The second-order valence-electron chi connectivity index (χ2n) is 5.18. The molecule has 112 valence electrons. The van der Waals surface area contributed by atoms with Gasteiger partial charge in [-0.25, -0.2) is 0 Å². The van der Waals surface area contributed by atoms with E-state index in [4.69, 9.17) is 4.74 Å². The van der Waals surface area contributed by atoms with Gasteiger partial charge in [0.15, 0.2) is 0 Å². The monoisotopic (exact) mass is 287 g/mol. The van der Waals surface area contributed by atoms with Crippen LogP contribution in [0.1, 0.15) is 25.0 Å². The Hall–Kier alpha value is -2.37. The summed E-state index contributed by atoms with van der Waals surface area (Å²) >= 11 is 0. The van der Waals surface area contributed by atoms with Crippen molar-refractivity contribution in [3.05, 3.63) is 29.3 Å². The maximum atomic E-state index is 5.54. The molecular weight excluding hydrogens is 266 g/mol. The first kappa shape index (κ1) is 15.0. The van der Waals surface area contributed by atoms with Gasteiger partial charge >= 0.3 is 6.01 Å². The van der Waals surface area contributed by atoms with Gasteiger partial charge in [0.25, 0.3) is 0 Å². The van der Waals surface area contributed by atoms with Crippen LogP contribution < -0.4 is 15.4 Å². The van der Waals surface area contributed by atoms with Crippen molar-refractivity contribution in [3.63, 3.8) is 0 Å². The van der Waals surface area contributed by atoms with Gasteiger partial charge < -0.3 is 15.4 Å².